The lowest BCUT2D eigenvalue weighted by Gasteiger charge is -2.51. The minimum Gasteiger partial charge on any atom is -0.508 e. The maximum atomic E-state index is 10.6. The number of fused-ring (bicyclic) bond motifs is 5. The summed E-state index contributed by atoms with van der Waals surface area (Å²) in [4.78, 5) is 0. The molecule has 0 spiro atoms. The Morgan fingerprint density at radius 2 is 2.00 bits per heavy atom. The second-order valence-corrected chi connectivity index (χ2v) is 9.25. The molecular weight excluding hydrogens is 324 g/mol. The van der Waals surface area contributed by atoms with Crippen LogP contribution in [0.1, 0.15) is 81.3 Å². The molecule has 4 rings (SSSR count). The molecule has 0 amide bonds. The standard InChI is InChI=1S/C23H34O3/c1-23-11-10-18-17-7-6-16(24)14-19(17)15(5-3-4-12-26-2)13-20(18)21(23)8-9-22(23)25/h6-7,14-15,18,20-22,24-25H,3-5,8-13H2,1-2H3/t15-,18-,20-,21+,22+,23+/m1/s1. The largest absolute Gasteiger partial charge is 0.508 e. The van der Waals surface area contributed by atoms with E-state index in [0.29, 0.717) is 29.4 Å². The van der Waals surface area contributed by atoms with Crippen LogP contribution in [0, 0.1) is 17.3 Å². The van der Waals surface area contributed by atoms with E-state index in [2.05, 4.69) is 13.0 Å². The van der Waals surface area contributed by atoms with Crippen molar-refractivity contribution in [2.45, 2.75) is 76.2 Å². The smallest absolute Gasteiger partial charge is 0.115 e. The summed E-state index contributed by atoms with van der Waals surface area (Å²) in [6.07, 6.45) is 9.05. The van der Waals surface area contributed by atoms with Gasteiger partial charge in [0.25, 0.3) is 0 Å². The molecule has 2 fully saturated rings. The lowest BCUT2D eigenvalue weighted by molar-refractivity contribution is -0.0253. The zero-order valence-corrected chi connectivity index (χ0v) is 16.3. The summed E-state index contributed by atoms with van der Waals surface area (Å²) in [6, 6.07) is 6.10. The number of ether oxygens (including phenoxy) is 1. The molecule has 2 saturated carbocycles. The topological polar surface area (TPSA) is 49.7 Å². The van der Waals surface area contributed by atoms with E-state index in [0.717, 1.165) is 25.9 Å². The number of methoxy groups -OCH3 is 1. The number of unbranched alkanes of at least 4 members (excludes halogenated alkanes) is 1. The molecule has 26 heavy (non-hydrogen) atoms. The van der Waals surface area contributed by atoms with Crippen LogP contribution in [-0.2, 0) is 4.74 Å². The van der Waals surface area contributed by atoms with Gasteiger partial charge in [0, 0.05) is 13.7 Å². The summed E-state index contributed by atoms with van der Waals surface area (Å²) in [5.41, 5.74) is 3.00. The fourth-order valence-corrected chi connectivity index (χ4v) is 6.59. The van der Waals surface area contributed by atoms with E-state index in [1.165, 1.54) is 43.2 Å². The Kier molecular flexibility index (Phi) is 5.04. The van der Waals surface area contributed by atoms with Crippen LogP contribution < -0.4 is 0 Å². The van der Waals surface area contributed by atoms with Crippen molar-refractivity contribution in [1.29, 1.82) is 0 Å². The average molecular weight is 359 g/mol. The molecule has 0 heterocycles. The van der Waals surface area contributed by atoms with E-state index in [1.807, 2.05) is 12.1 Å². The van der Waals surface area contributed by atoms with Crippen molar-refractivity contribution in [3.63, 3.8) is 0 Å². The van der Waals surface area contributed by atoms with Crippen LogP contribution in [0.2, 0.25) is 0 Å². The molecule has 6 atom stereocenters. The van der Waals surface area contributed by atoms with Gasteiger partial charge in [0.05, 0.1) is 6.10 Å². The van der Waals surface area contributed by atoms with E-state index in [-0.39, 0.29) is 11.5 Å². The molecule has 3 aliphatic rings. The zero-order valence-electron chi connectivity index (χ0n) is 16.3. The number of rotatable bonds is 5. The van der Waals surface area contributed by atoms with Gasteiger partial charge in [0.1, 0.15) is 5.75 Å². The van der Waals surface area contributed by atoms with Gasteiger partial charge in [-0.2, -0.15) is 0 Å². The van der Waals surface area contributed by atoms with Crippen LogP contribution in [-0.4, -0.2) is 30.0 Å². The van der Waals surface area contributed by atoms with Crippen molar-refractivity contribution in [3.05, 3.63) is 29.3 Å². The van der Waals surface area contributed by atoms with E-state index in [1.54, 1.807) is 7.11 Å². The lowest BCUT2D eigenvalue weighted by atomic mass is 9.53. The fourth-order valence-electron chi connectivity index (χ4n) is 6.59. The minimum absolute atomic E-state index is 0.116. The summed E-state index contributed by atoms with van der Waals surface area (Å²) in [6.45, 7) is 3.17. The first-order chi connectivity index (χ1) is 12.5. The van der Waals surface area contributed by atoms with E-state index >= 15 is 0 Å². The number of phenolic OH excluding ortho intramolecular Hbond substituents is 1. The van der Waals surface area contributed by atoms with E-state index in [9.17, 15) is 10.2 Å². The Bertz CT molecular complexity index is 642. The second-order valence-electron chi connectivity index (χ2n) is 9.25. The van der Waals surface area contributed by atoms with Gasteiger partial charge >= 0.3 is 0 Å². The van der Waals surface area contributed by atoms with Crippen LogP contribution in [0.4, 0.5) is 0 Å². The van der Waals surface area contributed by atoms with E-state index < -0.39 is 0 Å². The van der Waals surface area contributed by atoms with Crippen LogP contribution in [0.3, 0.4) is 0 Å². The number of benzene rings is 1. The van der Waals surface area contributed by atoms with Crippen molar-refractivity contribution >= 4 is 0 Å². The molecule has 3 nitrogen and oxygen atoms in total. The minimum atomic E-state index is -0.116. The SMILES string of the molecule is COCCCC[C@@H]1C[C@@H]2[C@H](CC[C@]3(C)[C@@H](O)CC[C@@H]23)c2ccc(O)cc21. The normalized spacial score (nSPS) is 38.5. The highest BCUT2D eigenvalue weighted by atomic mass is 16.5. The lowest BCUT2D eigenvalue weighted by Crippen LogP contribution is -2.44. The van der Waals surface area contributed by atoms with Gasteiger partial charge in [-0.15, -0.1) is 0 Å². The zero-order chi connectivity index (χ0) is 18.3. The summed E-state index contributed by atoms with van der Waals surface area (Å²) in [5, 5.41) is 20.7. The number of phenols is 1. The molecule has 1 aromatic carbocycles. The highest BCUT2D eigenvalue weighted by molar-refractivity contribution is 5.42. The maximum absolute atomic E-state index is 10.6. The van der Waals surface area contributed by atoms with Crippen LogP contribution in [0.25, 0.3) is 0 Å². The number of hydrogen-bond donors (Lipinski definition) is 2. The molecule has 144 valence electrons. The molecule has 2 N–H and O–H groups in total. The molecule has 3 aliphatic carbocycles. The average Bonchev–Trinajstić information content (AvgIpc) is 2.94. The van der Waals surface area contributed by atoms with Crippen molar-refractivity contribution in [2.75, 3.05) is 13.7 Å². The number of aromatic hydroxyl groups is 1. The van der Waals surface area contributed by atoms with Gasteiger partial charge in [-0.3, -0.25) is 0 Å². The first-order valence-corrected chi connectivity index (χ1v) is 10.5. The van der Waals surface area contributed by atoms with Crippen molar-refractivity contribution in [2.24, 2.45) is 17.3 Å². The number of aliphatic hydroxyl groups excluding tert-OH is 1. The Morgan fingerprint density at radius 1 is 1.15 bits per heavy atom. The van der Waals surface area contributed by atoms with Crippen molar-refractivity contribution in [1.82, 2.24) is 0 Å². The quantitative estimate of drug-likeness (QED) is 0.731. The molecular formula is C23H34O3. The molecule has 0 radical (unpaired) electrons. The van der Waals surface area contributed by atoms with Gasteiger partial charge in [-0.25, -0.2) is 0 Å². The molecule has 0 bridgehead atoms. The number of hydrogen-bond acceptors (Lipinski definition) is 3. The highest BCUT2D eigenvalue weighted by Crippen LogP contribution is 2.62. The van der Waals surface area contributed by atoms with Gasteiger partial charge in [-0.05, 0) is 97.3 Å². The Balaban J connectivity index is 1.62. The monoisotopic (exact) mass is 358 g/mol. The summed E-state index contributed by atoms with van der Waals surface area (Å²) >= 11 is 0. The Hall–Kier alpha value is -1.06. The van der Waals surface area contributed by atoms with Gasteiger partial charge in [-0.1, -0.05) is 19.4 Å². The third kappa shape index (κ3) is 2.97. The molecule has 0 unspecified atom stereocenters. The second kappa shape index (κ2) is 7.16. The Morgan fingerprint density at radius 3 is 2.81 bits per heavy atom. The van der Waals surface area contributed by atoms with Gasteiger partial charge in [0.2, 0.25) is 0 Å². The molecule has 1 aromatic rings. The fraction of sp³-hybridized carbons (Fsp3) is 0.739. The molecule has 0 aliphatic heterocycles. The Labute approximate surface area is 157 Å². The van der Waals surface area contributed by atoms with Crippen LogP contribution >= 0.6 is 0 Å². The van der Waals surface area contributed by atoms with Crippen molar-refractivity contribution < 1.29 is 14.9 Å². The van der Waals surface area contributed by atoms with Gasteiger partial charge in [0.15, 0.2) is 0 Å². The summed E-state index contributed by atoms with van der Waals surface area (Å²) in [7, 11) is 1.77. The number of aliphatic hydroxyl groups is 1. The van der Waals surface area contributed by atoms with Crippen LogP contribution in [0.15, 0.2) is 18.2 Å². The molecule has 0 saturated heterocycles. The van der Waals surface area contributed by atoms with E-state index in [4.69, 9.17) is 4.74 Å². The van der Waals surface area contributed by atoms with Crippen LogP contribution in [0.5, 0.6) is 5.75 Å². The first kappa shape index (κ1) is 18.3. The molecule has 3 heteroatoms. The maximum Gasteiger partial charge on any atom is 0.115 e. The third-order valence-corrected chi connectivity index (χ3v) is 8.00. The molecule has 0 aromatic heterocycles. The third-order valence-electron chi connectivity index (χ3n) is 8.00. The van der Waals surface area contributed by atoms with Crippen molar-refractivity contribution in [3.8, 4) is 5.75 Å². The van der Waals surface area contributed by atoms with Gasteiger partial charge < -0.3 is 14.9 Å². The summed E-state index contributed by atoms with van der Waals surface area (Å²) in [5.74, 6) is 2.90. The first-order valence-electron chi connectivity index (χ1n) is 10.5. The highest BCUT2D eigenvalue weighted by Gasteiger charge is 2.55. The summed E-state index contributed by atoms with van der Waals surface area (Å²) < 4.78 is 5.22. The predicted molar refractivity (Wildman–Crippen MR) is 103 cm³/mol. The predicted octanol–water partition coefficient (Wildman–Crippen LogP) is 4.97.